The van der Waals surface area contributed by atoms with Crippen molar-refractivity contribution in [1.82, 2.24) is 0 Å². The number of hydrogen-bond acceptors (Lipinski definition) is 2. The fourth-order valence-corrected chi connectivity index (χ4v) is 8.03. The van der Waals surface area contributed by atoms with Crippen LogP contribution in [0.1, 0.15) is 0 Å². The Balaban J connectivity index is 1.19. The van der Waals surface area contributed by atoms with Gasteiger partial charge in [0.15, 0.2) is 0 Å². The molecule has 48 heavy (non-hydrogen) atoms. The lowest BCUT2D eigenvalue weighted by molar-refractivity contribution is 1.28. The van der Waals surface area contributed by atoms with Crippen molar-refractivity contribution in [2.45, 2.75) is 0 Å². The molecule has 8 aromatic carbocycles. The van der Waals surface area contributed by atoms with E-state index < -0.39 is 0 Å². The highest BCUT2D eigenvalue weighted by Crippen LogP contribution is 2.43. The number of nitrogens with zero attached hydrogens (tertiary/aromatic N) is 1. The molecule has 1 heterocycles. The molecule has 0 fully saturated rings. The third-order valence-corrected chi connectivity index (χ3v) is 10.4. The van der Waals surface area contributed by atoms with Gasteiger partial charge in [-0.1, -0.05) is 133 Å². The van der Waals surface area contributed by atoms with Crippen LogP contribution in [0.3, 0.4) is 0 Å². The predicted molar refractivity (Wildman–Crippen MR) is 208 cm³/mol. The van der Waals surface area contributed by atoms with E-state index in [1.165, 1.54) is 64.3 Å². The fourth-order valence-electron chi connectivity index (χ4n) is 6.90. The summed E-state index contributed by atoms with van der Waals surface area (Å²) in [6.45, 7) is 0. The van der Waals surface area contributed by atoms with Crippen LogP contribution in [0.2, 0.25) is 0 Å². The molecule has 0 saturated carbocycles. The first-order valence-corrected chi connectivity index (χ1v) is 17.2. The molecule has 226 valence electrons. The lowest BCUT2D eigenvalue weighted by Gasteiger charge is -2.27. The molecule has 0 aliphatic carbocycles. The monoisotopic (exact) mass is 629 g/mol. The van der Waals surface area contributed by atoms with E-state index >= 15 is 0 Å². The Bertz CT molecular complexity index is 2560. The van der Waals surface area contributed by atoms with Gasteiger partial charge in [-0.3, -0.25) is 0 Å². The second kappa shape index (κ2) is 12.0. The Morgan fingerprint density at radius 3 is 1.75 bits per heavy atom. The minimum absolute atomic E-state index is 1.11. The summed E-state index contributed by atoms with van der Waals surface area (Å²) in [5.74, 6) is 0. The first kappa shape index (κ1) is 28.3. The van der Waals surface area contributed by atoms with Crippen LogP contribution in [0.4, 0.5) is 17.1 Å². The van der Waals surface area contributed by atoms with E-state index in [0.29, 0.717) is 0 Å². The van der Waals surface area contributed by atoms with Crippen molar-refractivity contribution >= 4 is 59.3 Å². The second-order valence-electron chi connectivity index (χ2n) is 12.2. The fraction of sp³-hybridized carbons (Fsp3) is 0. The van der Waals surface area contributed by atoms with Crippen LogP contribution in [-0.2, 0) is 0 Å². The lowest BCUT2D eigenvalue weighted by atomic mass is 9.98. The second-order valence-corrected chi connectivity index (χ2v) is 13.3. The quantitative estimate of drug-likeness (QED) is 0.177. The topological polar surface area (TPSA) is 3.24 Å². The molecule has 9 rings (SSSR count). The molecule has 0 unspecified atom stereocenters. The van der Waals surface area contributed by atoms with Gasteiger partial charge >= 0.3 is 0 Å². The average Bonchev–Trinajstić information content (AvgIpc) is 3.55. The molecular formula is C46H31NS. The molecule has 0 aliphatic heterocycles. The summed E-state index contributed by atoms with van der Waals surface area (Å²) in [4.78, 5) is 2.38. The van der Waals surface area contributed by atoms with Gasteiger partial charge in [-0.2, -0.15) is 0 Å². The van der Waals surface area contributed by atoms with Crippen molar-refractivity contribution in [1.29, 1.82) is 0 Å². The van der Waals surface area contributed by atoms with Gasteiger partial charge in [0, 0.05) is 37.2 Å². The Kier molecular flexibility index (Phi) is 7.07. The zero-order valence-electron chi connectivity index (χ0n) is 26.3. The summed E-state index contributed by atoms with van der Waals surface area (Å²) in [6.07, 6.45) is 0. The van der Waals surface area contributed by atoms with Crippen molar-refractivity contribution in [3.63, 3.8) is 0 Å². The van der Waals surface area contributed by atoms with Gasteiger partial charge in [0.1, 0.15) is 0 Å². The Labute approximate surface area is 284 Å². The highest BCUT2D eigenvalue weighted by Gasteiger charge is 2.17. The van der Waals surface area contributed by atoms with Crippen LogP contribution in [0, 0.1) is 0 Å². The number of benzene rings is 8. The van der Waals surface area contributed by atoms with Crippen LogP contribution in [0.25, 0.3) is 64.3 Å². The number of fused-ring (bicyclic) bond motifs is 4. The van der Waals surface area contributed by atoms with Crippen LogP contribution in [0.5, 0.6) is 0 Å². The number of anilines is 3. The largest absolute Gasteiger partial charge is 0.310 e. The van der Waals surface area contributed by atoms with E-state index in [2.05, 4.69) is 193 Å². The average molecular weight is 630 g/mol. The van der Waals surface area contributed by atoms with Gasteiger partial charge in [-0.05, 0) is 98.8 Å². The third-order valence-electron chi connectivity index (χ3n) is 9.24. The van der Waals surface area contributed by atoms with Crippen molar-refractivity contribution < 1.29 is 0 Å². The van der Waals surface area contributed by atoms with E-state index in [0.717, 1.165) is 17.1 Å². The minimum atomic E-state index is 1.11. The maximum absolute atomic E-state index is 2.38. The molecule has 0 bridgehead atoms. The standard InChI is InChI=1S/C46H31NS/c1-2-11-32(12-3-1)34-25-27-39(28-26-34)47(40-17-8-15-36(30-40)37-24-23-33-13-4-5-14-35(33)29-37)41-18-9-16-38(31-41)42-20-10-22-45-46(42)43-19-6-7-21-44(43)48-45/h1-31H. The number of rotatable bonds is 6. The summed E-state index contributed by atoms with van der Waals surface area (Å²) in [5, 5.41) is 5.14. The van der Waals surface area contributed by atoms with Gasteiger partial charge < -0.3 is 4.90 Å². The summed E-state index contributed by atoms with van der Waals surface area (Å²) < 4.78 is 2.64. The minimum Gasteiger partial charge on any atom is -0.310 e. The molecule has 0 atom stereocenters. The van der Waals surface area contributed by atoms with Crippen molar-refractivity contribution in [3.05, 3.63) is 188 Å². The van der Waals surface area contributed by atoms with Gasteiger partial charge in [0.05, 0.1) is 0 Å². The molecule has 0 amide bonds. The maximum Gasteiger partial charge on any atom is 0.0467 e. The normalized spacial score (nSPS) is 11.3. The number of thiophene rings is 1. The van der Waals surface area contributed by atoms with E-state index in [1.807, 2.05) is 11.3 Å². The highest BCUT2D eigenvalue weighted by molar-refractivity contribution is 7.25. The Morgan fingerprint density at radius 1 is 0.333 bits per heavy atom. The molecule has 2 heteroatoms. The number of hydrogen-bond donors (Lipinski definition) is 0. The van der Waals surface area contributed by atoms with E-state index in [1.54, 1.807) is 0 Å². The van der Waals surface area contributed by atoms with Crippen LogP contribution in [0.15, 0.2) is 188 Å². The van der Waals surface area contributed by atoms with Crippen molar-refractivity contribution in [2.75, 3.05) is 4.90 Å². The molecule has 1 aromatic heterocycles. The molecule has 1 nitrogen and oxygen atoms in total. The first-order chi connectivity index (χ1) is 23.8. The molecular weight excluding hydrogens is 599 g/mol. The SMILES string of the molecule is c1ccc(-c2ccc(N(c3cccc(-c4ccc5ccccc5c4)c3)c3cccc(-c4cccc5sc6ccccc6c45)c3)cc2)cc1. The molecule has 0 N–H and O–H groups in total. The summed E-state index contributed by atoms with van der Waals surface area (Å²) in [6, 6.07) is 68.2. The Hall–Kier alpha value is -5.96. The highest BCUT2D eigenvalue weighted by atomic mass is 32.1. The molecule has 9 aromatic rings. The third kappa shape index (κ3) is 5.13. The zero-order valence-corrected chi connectivity index (χ0v) is 27.1. The first-order valence-electron chi connectivity index (χ1n) is 16.3. The van der Waals surface area contributed by atoms with Gasteiger partial charge in [0.25, 0.3) is 0 Å². The maximum atomic E-state index is 2.38. The van der Waals surface area contributed by atoms with E-state index in [4.69, 9.17) is 0 Å². The predicted octanol–water partition coefficient (Wildman–Crippen LogP) is 13.7. The van der Waals surface area contributed by atoms with E-state index in [-0.39, 0.29) is 0 Å². The molecule has 0 saturated heterocycles. The van der Waals surface area contributed by atoms with Crippen LogP contribution < -0.4 is 4.90 Å². The van der Waals surface area contributed by atoms with Gasteiger partial charge in [-0.25, -0.2) is 0 Å². The van der Waals surface area contributed by atoms with Gasteiger partial charge in [0.2, 0.25) is 0 Å². The van der Waals surface area contributed by atoms with Crippen molar-refractivity contribution in [2.24, 2.45) is 0 Å². The molecule has 0 spiro atoms. The smallest absolute Gasteiger partial charge is 0.0467 e. The lowest BCUT2D eigenvalue weighted by Crippen LogP contribution is -2.10. The van der Waals surface area contributed by atoms with Crippen LogP contribution >= 0.6 is 11.3 Å². The van der Waals surface area contributed by atoms with Crippen molar-refractivity contribution in [3.8, 4) is 33.4 Å². The summed E-state index contributed by atoms with van der Waals surface area (Å²) >= 11 is 1.86. The Morgan fingerprint density at radius 2 is 0.917 bits per heavy atom. The summed E-state index contributed by atoms with van der Waals surface area (Å²) in [5.41, 5.74) is 10.6. The molecule has 0 radical (unpaired) electrons. The zero-order chi connectivity index (χ0) is 31.9. The molecule has 0 aliphatic rings. The summed E-state index contributed by atoms with van der Waals surface area (Å²) in [7, 11) is 0. The van der Waals surface area contributed by atoms with Crippen LogP contribution in [-0.4, -0.2) is 0 Å². The van der Waals surface area contributed by atoms with E-state index in [9.17, 15) is 0 Å². The van der Waals surface area contributed by atoms with Gasteiger partial charge in [-0.15, -0.1) is 11.3 Å².